The quantitative estimate of drug-likeness (QED) is 0.377. The maximum absolute atomic E-state index is 9.47. The first-order chi connectivity index (χ1) is 17.4. The van der Waals surface area contributed by atoms with Crippen molar-refractivity contribution in [3.8, 4) is 0 Å². The van der Waals surface area contributed by atoms with Gasteiger partial charge in [-0.15, -0.1) is 0 Å². The van der Waals surface area contributed by atoms with E-state index < -0.39 is 5.97 Å². The van der Waals surface area contributed by atoms with Gasteiger partial charge in [-0.05, 0) is 88.3 Å². The van der Waals surface area contributed by atoms with Crippen molar-refractivity contribution >= 4 is 17.0 Å². The topological polar surface area (TPSA) is 78.5 Å². The molecule has 0 bridgehead atoms. The maximum Gasteiger partial charge on any atom is 0.329 e. The highest BCUT2D eigenvalue weighted by atomic mass is 16.5. The Kier molecular flexibility index (Phi) is 13.2. The molecule has 6 nitrogen and oxygen atoms in total. The summed E-state index contributed by atoms with van der Waals surface area (Å²) in [6.07, 6.45) is 8.62. The average Bonchev–Trinajstić information content (AvgIpc) is 3.26. The van der Waals surface area contributed by atoms with Crippen molar-refractivity contribution < 1.29 is 14.6 Å². The van der Waals surface area contributed by atoms with E-state index in [9.17, 15) is 4.79 Å². The lowest BCUT2D eigenvalue weighted by Crippen LogP contribution is -2.25. The van der Waals surface area contributed by atoms with Gasteiger partial charge < -0.3 is 19.7 Å². The van der Waals surface area contributed by atoms with E-state index in [1.54, 1.807) is 11.1 Å². The Morgan fingerprint density at radius 1 is 1.17 bits per heavy atom. The molecule has 1 heterocycles. The van der Waals surface area contributed by atoms with E-state index in [4.69, 9.17) is 5.11 Å². The average molecular weight is 496 g/mol. The molecule has 0 radical (unpaired) electrons. The summed E-state index contributed by atoms with van der Waals surface area (Å²) < 4.78 is 4.20. The van der Waals surface area contributed by atoms with Gasteiger partial charge in [0.1, 0.15) is 12.4 Å². The van der Waals surface area contributed by atoms with Gasteiger partial charge in [0.2, 0.25) is 0 Å². The Balaban J connectivity index is 0.000000439. The second kappa shape index (κ2) is 16.1. The number of carboxylic acids is 1. The predicted molar refractivity (Wildman–Crippen MR) is 149 cm³/mol. The summed E-state index contributed by atoms with van der Waals surface area (Å²) in [6, 6.07) is 15.3. The van der Waals surface area contributed by atoms with Crippen LogP contribution in [-0.4, -0.2) is 59.8 Å². The fourth-order valence-corrected chi connectivity index (χ4v) is 4.48. The molecule has 6 heteroatoms. The number of aliphatic carboxylic acids is 1. The number of fused-ring (bicyclic) bond motifs is 2. The number of carboxylic acid groups (broad SMARTS) is 1. The molecule has 2 N–H and O–H groups in total. The van der Waals surface area contributed by atoms with Crippen LogP contribution in [0.1, 0.15) is 62.0 Å². The normalized spacial score (nSPS) is 14.4. The SMILES string of the molecule is CCC.COCC(=O)O.Cc1ccc2c(c1)CC[C@H](CCN(C)CCCc1nc3ccccc3[nH]1)C2. The molecule has 4 rings (SSSR count). The minimum Gasteiger partial charge on any atom is -0.480 e. The van der Waals surface area contributed by atoms with Gasteiger partial charge in [0, 0.05) is 13.5 Å². The van der Waals surface area contributed by atoms with Crippen LogP contribution < -0.4 is 0 Å². The summed E-state index contributed by atoms with van der Waals surface area (Å²) in [4.78, 5) is 20.1. The summed E-state index contributed by atoms with van der Waals surface area (Å²) in [5, 5.41) is 7.79. The number of hydrogen-bond donors (Lipinski definition) is 2. The van der Waals surface area contributed by atoms with Crippen LogP contribution in [0.25, 0.3) is 11.0 Å². The van der Waals surface area contributed by atoms with Crippen LogP contribution in [0.3, 0.4) is 0 Å². The fourth-order valence-electron chi connectivity index (χ4n) is 4.48. The van der Waals surface area contributed by atoms with E-state index in [-0.39, 0.29) is 6.61 Å². The van der Waals surface area contributed by atoms with Crippen molar-refractivity contribution in [1.82, 2.24) is 14.9 Å². The van der Waals surface area contributed by atoms with Gasteiger partial charge in [-0.3, -0.25) is 0 Å². The third-order valence-electron chi connectivity index (χ3n) is 6.27. The lowest BCUT2D eigenvalue weighted by molar-refractivity contribution is -0.141. The van der Waals surface area contributed by atoms with Crippen molar-refractivity contribution in [2.75, 3.05) is 33.9 Å². The summed E-state index contributed by atoms with van der Waals surface area (Å²) in [7, 11) is 3.60. The van der Waals surface area contributed by atoms with E-state index in [0.717, 1.165) is 42.2 Å². The molecule has 1 aliphatic carbocycles. The molecule has 0 fully saturated rings. The maximum atomic E-state index is 9.47. The number of hydrogen-bond acceptors (Lipinski definition) is 4. The number of rotatable bonds is 9. The Hall–Kier alpha value is -2.70. The van der Waals surface area contributed by atoms with Crippen LogP contribution in [0.4, 0.5) is 0 Å². The molecule has 3 aromatic rings. The largest absolute Gasteiger partial charge is 0.480 e. The van der Waals surface area contributed by atoms with Gasteiger partial charge in [-0.2, -0.15) is 0 Å². The van der Waals surface area contributed by atoms with Crippen LogP contribution in [0.15, 0.2) is 42.5 Å². The molecular weight excluding hydrogens is 450 g/mol. The zero-order valence-electron chi connectivity index (χ0n) is 22.8. The van der Waals surface area contributed by atoms with Crippen LogP contribution in [-0.2, 0) is 28.8 Å². The number of aromatic amines is 1. The molecule has 1 aliphatic rings. The molecule has 0 saturated carbocycles. The van der Waals surface area contributed by atoms with Gasteiger partial charge in [-0.25, -0.2) is 9.78 Å². The van der Waals surface area contributed by atoms with Crippen molar-refractivity contribution in [3.63, 3.8) is 0 Å². The van der Waals surface area contributed by atoms with Gasteiger partial charge in [-0.1, -0.05) is 56.2 Å². The van der Waals surface area contributed by atoms with Crippen molar-refractivity contribution in [2.24, 2.45) is 5.92 Å². The highest BCUT2D eigenvalue weighted by molar-refractivity contribution is 5.74. The number of imidazole rings is 1. The highest BCUT2D eigenvalue weighted by Crippen LogP contribution is 2.28. The fraction of sp³-hybridized carbons (Fsp3) is 0.533. The number of aromatic nitrogens is 2. The summed E-state index contributed by atoms with van der Waals surface area (Å²) in [6.45, 7) is 8.58. The number of methoxy groups -OCH3 is 1. The minimum atomic E-state index is -0.933. The monoisotopic (exact) mass is 495 g/mol. The molecule has 0 spiro atoms. The second-order valence-corrected chi connectivity index (χ2v) is 9.81. The smallest absolute Gasteiger partial charge is 0.329 e. The molecule has 36 heavy (non-hydrogen) atoms. The molecule has 1 atom stereocenters. The van der Waals surface area contributed by atoms with Gasteiger partial charge in [0.15, 0.2) is 0 Å². The Morgan fingerprint density at radius 2 is 1.92 bits per heavy atom. The lowest BCUT2D eigenvalue weighted by Gasteiger charge is -2.27. The number of H-pyrrole nitrogens is 1. The van der Waals surface area contributed by atoms with Crippen LogP contribution in [0.5, 0.6) is 0 Å². The molecule has 0 amide bonds. The van der Waals surface area contributed by atoms with Crippen molar-refractivity contribution in [1.29, 1.82) is 0 Å². The molecule has 1 aromatic heterocycles. The summed E-state index contributed by atoms with van der Waals surface area (Å²) in [5.41, 5.74) is 6.80. The van der Waals surface area contributed by atoms with Crippen molar-refractivity contribution in [2.45, 2.75) is 65.7 Å². The third kappa shape index (κ3) is 10.5. The Morgan fingerprint density at radius 3 is 2.58 bits per heavy atom. The number of para-hydroxylation sites is 2. The number of ether oxygens (including phenoxy) is 1. The lowest BCUT2D eigenvalue weighted by atomic mass is 9.81. The van der Waals surface area contributed by atoms with E-state index in [0.29, 0.717) is 0 Å². The molecule has 0 aliphatic heterocycles. The summed E-state index contributed by atoms with van der Waals surface area (Å²) >= 11 is 0. The van der Waals surface area contributed by atoms with Crippen LogP contribution in [0, 0.1) is 12.8 Å². The number of nitrogens with zero attached hydrogens (tertiary/aromatic N) is 2. The second-order valence-electron chi connectivity index (χ2n) is 9.81. The van der Waals surface area contributed by atoms with Crippen LogP contribution >= 0.6 is 0 Å². The Bertz CT molecular complexity index is 1010. The van der Waals surface area contributed by atoms with E-state index >= 15 is 0 Å². The minimum absolute atomic E-state index is 0.208. The van der Waals surface area contributed by atoms with Gasteiger partial charge >= 0.3 is 5.97 Å². The highest BCUT2D eigenvalue weighted by Gasteiger charge is 2.18. The standard InChI is InChI=1S/C24H31N3.C3H6O3.C3H8/c1-18-9-11-21-17-19(10-12-20(21)16-18)13-15-27(2)14-5-8-24-25-22-6-3-4-7-23(22)26-24;1-6-2-3(4)5;1-3-2/h3-4,6-7,9,11,16,19H,5,8,10,12-15,17H2,1-2H3,(H,25,26);2H2,1H3,(H,4,5);3H2,1-2H3/t19-;;/m1../s1. The summed E-state index contributed by atoms with van der Waals surface area (Å²) in [5.74, 6) is 1.03. The van der Waals surface area contributed by atoms with Gasteiger partial charge in [0.25, 0.3) is 0 Å². The number of aryl methyl sites for hydroxylation is 3. The zero-order chi connectivity index (χ0) is 26.3. The first-order valence-corrected chi connectivity index (χ1v) is 13.3. The Labute approximate surface area is 217 Å². The first kappa shape index (κ1) is 29.5. The van der Waals surface area contributed by atoms with Gasteiger partial charge in [0.05, 0.1) is 11.0 Å². The molecule has 2 aromatic carbocycles. The zero-order valence-corrected chi connectivity index (χ0v) is 22.8. The van der Waals surface area contributed by atoms with Crippen molar-refractivity contribution in [3.05, 3.63) is 65.0 Å². The molecule has 198 valence electrons. The molecule has 0 unspecified atom stereocenters. The molecular formula is C30H45N3O3. The van der Waals surface area contributed by atoms with E-state index in [1.165, 1.54) is 51.3 Å². The number of benzene rings is 2. The number of nitrogens with one attached hydrogen (secondary N) is 1. The third-order valence-corrected chi connectivity index (χ3v) is 6.27. The number of carbonyl (C=O) groups is 1. The molecule has 0 saturated heterocycles. The van der Waals surface area contributed by atoms with E-state index in [1.807, 2.05) is 6.07 Å². The first-order valence-electron chi connectivity index (χ1n) is 13.3. The predicted octanol–water partition coefficient (Wildman–Crippen LogP) is 6.06. The van der Waals surface area contributed by atoms with E-state index in [2.05, 4.69) is 83.8 Å². The van der Waals surface area contributed by atoms with Crippen LogP contribution in [0.2, 0.25) is 0 Å².